The third-order valence-electron chi connectivity index (χ3n) is 5.28. The molecule has 4 aromatic rings. The molecule has 0 saturated carbocycles. The maximum Gasteiger partial charge on any atom is 0.356 e. The highest BCUT2D eigenvalue weighted by Gasteiger charge is 2.18. The summed E-state index contributed by atoms with van der Waals surface area (Å²) in [7, 11) is 0. The highest BCUT2D eigenvalue weighted by Crippen LogP contribution is 2.32. The van der Waals surface area contributed by atoms with E-state index in [1.165, 1.54) is 12.1 Å². The number of nitrogens with one attached hydrogen (secondary N) is 1. The maximum atomic E-state index is 12.9. The number of benzene rings is 2. The molecule has 0 fully saturated rings. The van der Waals surface area contributed by atoms with Gasteiger partial charge in [0, 0.05) is 6.08 Å². The summed E-state index contributed by atoms with van der Waals surface area (Å²) in [6, 6.07) is 15.8. The fraction of sp³-hybridized carbons (Fsp3) is 0.0769. The van der Waals surface area contributed by atoms with Crippen LogP contribution in [0.25, 0.3) is 16.3 Å². The zero-order valence-electron chi connectivity index (χ0n) is 18.6. The van der Waals surface area contributed by atoms with Crippen molar-refractivity contribution in [1.82, 2.24) is 9.55 Å². The zero-order valence-corrected chi connectivity index (χ0v) is 19.4. The van der Waals surface area contributed by atoms with Gasteiger partial charge >= 0.3 is 17.6 Å². The number of fused-ring (bicyclic) bond motifs is 2. The Balaban J connectivity index is 1.26. The molecule has 0 saturated heterocycles. The normalized spacial score (nSPS) is 12.6. The summed E-state index contributed by atoms with van der Waals surface area (Å²) in [4.78, 5) is 52.7. The molecule has 9 nitrogen and oxygen atoms in total. The summed E-state index contributed by atoms with van der Waals surface area (Å²) in [5.74, 6) is -0.476. The van der Waals surface area contributed by atoms with Gasteiger partial charge in [0.2, 0.25) is 6.79 Å². The number of rotatable bonds is 6. The van der Waals surface area contributed by atoms with E-state index in [0.717, 1.165) is 33.1 Å². The van der Waals surface area contributed by atoms with Gasteiger partial charge in [0.15, 0.2) is 11.5 Å². The van der Waals surface area contributed by atoms with Crippen molar-refractivity contribution in [3.63, 3.8) is 0 Å². The largest absolute Gasteiger partial charge is 0.454 e. The van der Waals surface area contributed by atoms with Crippen LogP contribution < -0.4 is 20.7 Å². The van der Waals surface area contributed by atoms with Gasteiger partial charge in [-0.05, 0) is 29.3 Å². The molecule has 1 N–H and O–H groups in total. The standard InChI is InChI=1S/C26H18N2O7S/c29-22(9-5-4-6-16-10-11-19-20(12-16)34-15-33-19)35-25(31)21-13-18-23(36-21)27-26(32)28(24(18)30)14-17-7-2-1-3-8-17/h1-13H,14-15H2,(H,27,32). The van der Waals surface area contributed by atoms with Crippen LogP contribution in [0.1, 0.15) is 20.8 Å². The van der Waals surface area contributed by atoms with E-state index in [1.54, 1.807) is 36.4 Å². The minimum atomic E-state index is -0.916. The molecule has 0 unspecified atom stereocenters. The maximum absolute atomic E-state index is 12.9. The number of H-pyrrole nitrogens is 1. The van der Waals surface area contributed by atoms with E-state index in [-0.39, 0.29) is 28.4 Å². The van der Waals surface area contributed by atoms with Gasteiger partial charge in [-0.3, -0.25) is 14.3 Å². The van der Waals surface area contributed by atoms with E-state index >= 15 is 0 Å². The number of allylic oxidation sites excluding steroid dienone is 2. The highest BCUT2D eigenvalue weighted by atomic mass is 32.1. The molecule has 3 heterocycles. The van der Waals surface area contributed by atoms with Crippen LogP contribution in [-0.4, -0.2) is 28.3 Å². The Morgan fingerprint density at radius 1 is 1.03 bits per heavy atom. The fourth-order valence-corrected chi connectivity index (χ4v) is 4.46. The summed E-state index contributed by atoms with van der Waals surface area (Å²) in [5, 5.41) is 0.164. The second-order valence-corrected chi connectivity index (χ2v) is 8.75. The molecule has 0 aliphatic carbocycles. The average molecular weight is 503 g/mol. The second-order valence-electron chi connectivity index (χ2n) is 7.70. The van der Waals surface area contributed by atoms with Gasteiger partial charge in [-0.2, -0.15) is 0 Å². The predicted octanol–water partition coefficient (Wildman–Crippen LogP) is 3.48. The lowest BCUT2D eigenvalue weighted by molar-refractivity contribution is -0.132. The number of carbonyl (C=O) groups excluding carboxylic acids is 2. The van der Waals surface area contributed by atoms with Gasteiger partial charge in [-0.25, -0.2) is 14.4 Å². The molecule has 0 spiro atoms. The Bertz CT molecular complexity index is 1640. The number of thiophene rings is 1. The van der Waals surface area contributed by atoms with Crippen molar-refractivity contribution >= 4 is 39.6 Å². The number of aromatic nitrogens is 2. The SMILES string of the molecule is O=C(C=CC=Cc1ccc2c(c1)OCO2)OC(=O)c1cc2c(=O)n(Cc3ccccc3)c(=O)[nH]c2s1. The van der Waals surface area contributed by atoms with Crippen molar-refractivity contribution < 1.29 is 23.8 Å². The first-order chi connectivity index (χ1) is 17.5. The van der Waals surface area contributed by atoms with E-state index < -0.39 is 23.2 Å². The first kappa shape index (κ1) is 23.1. The Morgan fingerprint density at radius 2 is 1.83 bits per heavy atom. The minimum absolute atomic E-state index is 0.0212. The van der Waals surface area contributed by atoms with Crippen LogP contribution in [0.3, 0.4) is 0 Å². The van der Waals surface area contributed by atoms with Crippen LogP contribution in [0.15, 0.2) is 82.4 Å². The molecule has 10 heteroatoms. The predicted molar refractivity (Wildman–Crippen MR) is 133 cm³/mol. The summed E-state index contributed by atoms with van der Waals surface area (Å²) in [6.45, 7) is 0.269. The van der Waals surface area contributed by atoms with Crippen molar-refractivity contribution in [2.45, 2.75) is 6.54 Å². The molecule has 0 bridgehead atoms. The summed E-state index contributed by atoms with van der Waals surface area (Å²) in [6.07, 6.45) is 5.90. The van der Waals surface area contributed by atoms with Crippen molar-refractivity contribution in [3.8, 4) is 11.5 Å². The summed E-state index contributed by atoms with van der Waals surface area (Å²) in [5.41, 5.74) is 0.494. The van der Waals surface area contributed by atoms with Gasteiger partial charge in [-0.1, -0.05) is 54.6 Å². The van der Waals surface area contributed by atoms with Crippen LogP contribution in [0, 0.1) is 0 Å². The van der Waals surface area contributed by atoms with Crippen molar-refractivity contribution in [1.29, 1.82) is 0 Å². The zero-order chi connectivity index (χ0) is 25.1. The quantitative estimate of drug-likeness (QED) is 0.186. The Labute approximate surface area is 207 Å². The second kappa shape index (κ2) is 9.88. The fourth-order valence-electron chi connectivity index (χ4n) is 3.55. The lowest BCUT2D eigenvalue weighted by Crippen LogP contribution is -2.34. The molecule has 0 atom stereocenters. The molecular formula is C26H18N2O7S. The number of ether oxygens (including phenoxy) is 3. The molecule has 5 rings (SSSR count). The van der Waals surface area contributed by atoms with E-state index in [1.807, 2.05) is 24.3 Å². The number of carbonyl (C=O) groups is 2. The van der Waals surface area contributed by atoms with Crippen molar-refractivity contribution in [2.75, 3.05) is 6.79 Å². The van der Waals surface area contributed by atoms with Gasteiger partial charge in [0.1, 0.15) is 9.71 Å². The lowest BCUT2D eigenvalue weighted by Gasteiger charge is -2.04. The monoisotopic (exact) mass is 502 g/mol. The molecular weight excluding hydrogens is 484 g/mol. The number of hydrogen-bond acceptors (Lipinski definition) is 8. The third-order valence-corrected chi connectivity index (χ3v) is 6.31. The van der Waals surface area contributed by atoms with Gasteiger partial charge < -0.3 is 14.2 Å². The molecule has 36 heavy (non-hydrogen) atoms. The first-order valence-electron chi connectivity index (χ1n) is 10.8. The molecule has 2 aromatic heterocycles. The van der Waals surface area contributed by atoms with Crippen LogP contribution >= 0.6 is 11.3 Å². The Kier molecular flexibility index (Phi) is 6.33. The molecule has 180 valence electrons. The third kappa shape index (κ3) is 4.89. The summed E-state index contributed by atoms with van der Waals surface area (Å²) < 4.78 is 16.5. The number of hydrogen-bond donors (Lipinski definition) is 1. The van der Waals surface area contributed by atoms with Crippen LogP contribution in [-0.2, 0) is 16.1 Å². The minimum Gasteiger partial charge on any atom is -0.454 e. The van der Waals surface area contributed by atoms with E-state index in [9.17, 15) is 19.2 Å². The average Bonchev–Trinajstić information content (AvgIpc) is 3.52. The summed E-state index contributed by atoms with van der Waals surface area (Å²) >= 11 is 0.870. The van der Waals surface area contributed by atoms with Crippen LogP contribution in [0.2, 0.25) is 0 Å². The first-order valence-corrected chi connectivity index (χ1v) is 11.6. The molecule has 0 radical (unpaired) electrons. The van der Waals surface area contributed by atoms with Gasteiger partial charge in [0.05, 0.1) is 11.9 Å². The van der Waals surface area contributed by atoms with Crippen LogP contribution in [0.5, 0.6) is 11.5 Å². The van der Waals surface area contributed by atoms with Gasteiger partial charge in [0.25, 0.3) is 5.56 Å². The molecule has 2 aromatic carbocycles. The molecule has 0 amide bonds. The topological polar surface area (TPSA) is 117 Å². The number of esters is 2. The van der Waals surface area contributed by atoms with E-state index in [2.05, 4.69) is 4.98 Å². The Morgan fingerprint density at radius 3 is 2.67 bits per heavy atom. The van der Waals surface area contributed by atoms with Crippen LogP contribution in [0.4, 0.5) is 0 Å². The van der Waals surface area contributed by atoms with E-state index in [0.29, 0.717) is 11.5 Å². The Hall–Kier alpha value is -4.70. The molecule has 1 aliphatic rings. The highest BCUT2D eigenvalue weighted by molar-refractivity contribution is 7.20. The smallest absolute Gasteiger partial charge is 0.356 e. The number of aromatic amines is 1. The van der Waals surface area contributed by atoms with Crippen molar-refractivity contribution in [2.24, 2.45) is 0 Å². The molecule has 1 aliphatic heterocycles. The van der Waals surface area contributed by atoms with Gasteiger partial charge in [-0.15, -0.1) is 11.3 Å². The lowest BCUT2D eigenvalue weighted by atomic mass is 10.2. The van der Waals surface area contributed by atoms with Crippen molar-refractivity contribution in [3.05, 3.63) is 110 Å². The number of nitrogens with zero attached hydrogens (tertiary/aromatic N) is 1. The van der Waals surface area contributed by atoms with E-state index in [4.69, 9.17) is 14.2 Å².